The van der Waals surface area contributed by atoms with Crippen LogP contribution in [0.4, 0.5) is 0 Å². The van der Waals surface area contributed by atoms with E-state index in [9.17, 15) is 8.42 Å². The highest BCUT2D eigenvalue weighted by molar-refractivity contribution is 7.89. The van der Waals surface area contributed by atoms with Crippen LogP contribution in [0, 0.1) is 0 Å². The Balaban J connectivity index is 1.79. The Morgan fingerprint density at radius 3 is 2.40 bits per heavy atom. The van der Waals surface area contributed by atoms with Gasteiger partial charge < -0.3 is 14.4 Å². The predicted molar refractivity (Wildman–Crippen MR) is 96.4 cm³/mol. The average molecular weight is 368 g/mol. The standard InChI is InChI=1S/C18H28N2O4S/c1-23-17-4-6-18(7-5-17)25(21,22)20(16-8-14-24-15-9-16)13-12-19-10-2-3-11-19/h4-7,16H,2-3,8-15H2,1H3. The third kappa shape index (κ3) is 4.53. The summed E-state index contributed by atoms with van der Waals surface area (Å²) in [5.74, 6) is 0.661. The first kappa shape index (κ1) is 18.6. The molecule has 0 spiro atoms. The molecule has 1 aromatic rings. The molecule has 6 nitrogen and oxygen atoms in total. The fourth-order valence-electron chi connectivity index (χ4n) is 3.60. The van der Waals surface area contributed by atoms with Gasteiger partial charge in [0, 0.05) is 32.3 Å². The summed E-state index contributed by atoms with van der Waals surface area (Å²) in [6, 6.07) is 6.70. The van der Waals surface area contributed by atoms with E-state index in [0.717, 1.165) is 32.5 Å². The zero-order valence-corrected chi connectivity index (χ0v) is 15.7. The highest BCUT2D eigenvalue weighted by atomic mass is 32.2. The van der Waals surface area contributed by atoms with Crippen LogP contribution in [0.25, 0.3) is 0 Å². The molecule has 0 unspecified atom stereocenters. The zero-order valence-electron chi connectivity index (χ0n) is 14.9. The number of ether oxygens (including phenoxy) is 2. The van der Waals surface area contributed by atoms with E-state index in [2.05, 4.69) is 4.90 Å². The lowest BCUT2D eigenvalue weighted by molar-refractivity contribution is 0.0568. The van der Waals surface area contributed by atoms with Gasteiger partial charge in [0.25, 0.3) is 0 Å². The van der Waals surface area contributed by atoms with E-state index in [1.807, 2.05) is 0 Å². The molecule has 7 heteroatoms. The van der Waals surface area contributed by atoms with Gasteiger partial charge in [0.05, 0.1) is 12.0 Å². The molecule has 0 aromatic heterocycles. The lowest BCUT2D eigenvalue weighted by Crippen LogP contribution is -2.46. The Labute approximate surface area is 150 Å². The van der Waals surface area contributed by atoms with Gasteiger partial charge in [-0.3, -0.25) is 0 Å². The molecule has 2 aliphatic rings. The monoisotopic (exact) mass is 368 g/mol. The second kappa shape index (κ2) is 8.49. The zero-order chi connectivity index (χ0) is 17.7. The third-order valence-electron chi connectivity index (χ3n) is 5.10. The van der Waals surface area contributed by atoms with Gasteiger partial charge in [-0.1, -0.05) is 0 Å². The molecule has 2 heterocycles. The molecule has 0 amide bonds. The van der Waals surface area contributed by atoms with Crippen molar-refractivity contribution in [3.63, 3.8) is 0 Å². The number of benzene rings is 1. The highest BCUT2D eigenvalue weighted by Gasteiger charge is 2.33. The number of nitrogens with zero attached hydrogens (tertiary/aromatic N) is 2. The minimum Gasteiger partial charge on any atom is -0.497 e. The van der Waals surface area contributed by atoms with Crippen LogP contribution >= 0.6 is 0 Å². The van der Waals surface area contributed by atoms with Crippen molar-refractivity contribution in [1.82, 2.24) is 9.21 Å². The fraction of sp³-hybridized carbons (Fsp3) is 0.667. The smallest absolute Gasteiger partial charge is 0.243 e. The van der Waals surface area contributed by atoms with Crippen molar-refractivity contribution in [2.75, 3.05) is 46.5 Å². The van der Waals surface area contributed by atoms with Crippen LogP contribution in [0.15, 0.2) is 29.2 Å². The average Bonchev–Trinajstić information content (AvgIpc) is 3.16. The molecular weight excluding hydrogens is 340 g/mol. The van der Waals surface area contributed by atoms with Crippen molar-refractivity contribution in [2.45, 2.75) is 36.6 Å². The first-order valence-electron chi connectivity index (χ1n) is 9.07. The first-order valence-corrected chi connectivity index (χ1v) is 10.5. The van der Waals surface area contributed by atoms with Crippen LogP contribution in [-0.4, -0.2) is 70.2 Å². The van der Waals surface area contributed by atoms with E-state index in [0.29, 0.717) is 30.4 Å². The molecule has 2 aliphatic heterocycles. The van der Waals surface area contributed by atoms with E-state index < -0.39 is 10.0 Å². The molecule has 25 heavy (non-hydrogen) atoms. The van der Waals surface area contributed by atoms with E-state index in [-0.39, 0.29) is 6.04 Å². The first-order chi connectivity index (χ1) is 12.1. The third-order valence-corrected chi connectivity index (χ3v) is 7.07. The molecule has 0 N–H and O–H groups in total. The molecular formula is C18H28N2O4S. The summed E-state index contributed by atoms with van der Waals surface area (Å²) in [6.45, 7) is 4.74. The molecule has 1 aromatic carbocycles. The van der Waals surface area contributed by atoms with Gasteiger partial charge in [-0.2, -0.15) is 4.31 Å². The lowest BCUT2D eigenvalue weighted by Gasteiger charge is -2.34. The van der Waals surface area contributed by atoms with Gasteiger partial charge in [-0.15, -0.1) is 0 Å². The maximum absolute atomic E-state index is 13.3. The number of sulfonamides is 1. The summed E-state index contributed by atoms with van der Waals surface area (Å²) in [5.41, 5.74) is 0. The van der Waals surface area contributed by atoms with Crippen molar-refractivity contribution >= 4 is 10.0 Å². The molecule has 3 rings (SSSR count). The van der Waals surface area contributed by atoms with Crippen LogP contribution in [0.1, 0.15) is 25.7 Å². The number of rotatable bonds is 7. The fourth-order valence-corrected chi connectivity index (χ4v) is 5.28. The summed E-state index contributed by atoms with van der Waals surface area (Å²) < 4.78 is 38.8. The SMILES string of the molecule is COc1ccc(S(=O)(=O)N(CCN2CCCC2)C2CCOCC2)cc1. The van der Waals surface area contributed by atoms with Gasteiger partial charge >= 0.3 is 0 Å². The van der Waals surface area contributed by atoms with E-state index >= 15 is 0 Å². The Hall–Kier alpha value is -1.15. The maximum Gasteiger partial charge on any atom is 0.243 e. The Kier molecular flexibility index (Phi) is 6.33. The molecule has 0 aliphatic carbocycles. The molecule has 2 fully saturated rings. The largest absolute Gasteiger partial charge is 0.497 e. The molecule has 0 bridgehead atoms. The normalized spacial score (nSPS) is 20.2. The number of methoxy groups -OCH3 is 1. The minimum absolute atomic E-state index is 0.0171. The highest BCUT2D eigenvalue weighted by Crippen LogP contribution is 2.25. The summed E-state index contributed by atoms with van der Waals surface area (Å²) in [5, 5.41) is 0. The number of hydrogen-bond donors (Lipinski definition) is 0. The van der Waals surface area contributed by atoms with Gasteiger partial charge in [0.1, 0.15) is 5.75 Å². The molecule has 140 valence electrons. The Bertz CT molecular complexity index is 636. The summed E-state index contributed by atoms with van der Waals surface area (Å²) >= 11 is 0. The second-order valence-electron chi connectivity index (χ2n) is 6.68. The molecule has 2 saturated heterocycles. The summed E-state index contributed by atoms with van der Waals surface area (Å²) in [6.07, 6.45) is 3.94. The summed E-state index contributed by atoms with van der Waals surface area (Å²) in [7, 11) is -1.94. The van der Waals surface area contributed by atoms with Crippen LogP contribution in [0.3, 0.4) is 0 Å². The molecule has 0 atom stereocenters. The Morgan fingerprint density at radius 2 is 1.80 bits per heavy atom. The van der Waals surface area contributed by atoms with Crippen LogP contribution in [0.2, 0.25) is 0 Å². The van der Waals surface area contributed by atoms with Crippen LogP contribution in [0.5, 0.6) is 5.75 Å². The van der Waals surface area contributed by atoms with Crippen LogP contribution in [-0.2, 0) is 14.8 Å². The van der Waals surface area contributed by atoms with Gasteiger partial charge in [0.15, 0.2) is 0 Å². The predicted octanol–water partition coefficient (Wildman–Crippen LogP) is 1.96. The van der Waals surface area contributed by atoms with Crippen molar-refractivity contribution in [3.05, 3.63) is 24.3 Å². The van der Waals surface area contributed by atoms with Gasteiger partial charge in [-0.05, 0) is 63.0 Å². The minimum atomic E-state index is -3.52. The second-order valence-corrected chi connectivity index (χ2v) is 8.57. The summed E-state index contributed by atoms with van der Waals surface area (Å²) in [4.78, 5) is 2.69. The molecule has 0 radical (unpaired) electrons. The van der Waals surface area contributed by atoms with Crippen LogP contribution < -0.4 is 4.74 Å². The van der Waals surface area contributed by atoms with E-state index in [1.54, 1.807) is 35.7 Å². The van der Waals surface area contributed by atoms with E-state index in [1.165, 1.54) is 12.8 Å². The van der Waals surface area contributed by atoms with Crippen molar-refractivity contribution in [1.29, 1.82) is 0 Å². The lowest BCUT2D eigenvalue weighted by atomic mass is 10.1. The van der Waals surface area contributed by atoms with Crippen molar-refractivity contribution in [2.24, 2.45) is 0 Å². The topological polar surface area (TPSA) is 59.1 Å². The Morgan fingerprint density at radius 1 is 1.16 bits per heavy atom. The van der Waals surface area contributed by atoms with Gasteiger partial charge in [-0.25, -0.2) is 8.42 Å². The number of likely N-dealkylation sites (tertiary alicyclic amines) is 1. The maximum atomic E-state index is 13.3. The number of hydrogen-bond acceptors (Lipinski definition) is 5. The molecule has 0 saturated carbocycles. The van der Waals surface area contributed by atoms with E-state index in [4.69, 9.17) is 9.47 Å². The van der Waals surface area contributed by atoms with Gasteiger partial charge in [0.2, 0.25) is 10.0 Å². The quantitative estimate of drug-likeness (QED) is 0.736. The van der Waals surface area contributed by atoms with Crippen molar-refractivity contribution < 1.29 is 17.9 Å². The van der Waals surface area contributed by atoms with Crippen molar-refractivity contribution in [3.8, 4) is 5.75 Å².